The smallest absolute Gasteiger partial charge is 0.269 e. The van der Waals surface area contributed by atoms with Crippen molar-refractivity contribution in [2.24, 2.45) is 0 Å². The molecule has 2 amide bonds. The van der Waals surface area contributed by atoms with Crippen LogP contribution in [0.2, 0.25) is 0 Å². The van der Waals surface area contributed by atoms with Crippen molar-refractivity contribution >= 4 is 29.4 Å². The minimum atomic E-state index is -0.375. The number of amides is 2. The number of nitrogens with one attached hydrogen (secondary N) is 2. The standard InChI is InChI=1S/C16H16N6O2S/c1-10-8-11(2)22-15(17-10)18-16(21-22)25-9-13(23)19-20-14(24)12-6-4-3-5-7-12/h3-8H,9H2,1-2H3,(H,19,23)(H,20,24). The average molecular weight is 356 g/mol. The maximum Gasteiger partial charge on any atom is 0.269 e. The molecular weight excluding hydrogens is 340 g/mol. The zero-order valence-corrected chi connectivity index (χ0v) is 14.5. The maximum absolute atomic E-state index is 11.9. The molecule has 0 saturated heterocycles. The van der Waals surface area contributed by atoms with E-state index in [0.29, 0.717) is 16.5 Å². The number of benzene rings is 1. The largest absolute Gasteiger partial charge is 0.272 e. The van der Waals surface area contributed by atoms with E-state index in [-0.39, 0.29) is 17.6 Å². The lowest BCUT2D eigenvalue weighted by molar-refractivity contribution is -0.119. The van der Waals surface area contributed by atoms with Crippen molar-refractivity contribution in [2.75, 3.05) is 5.75 Å². The molecule has 25 heavy (non-hydrogen) atoms. The van der Waals surface area contributed by atoms with Gasteiger partial charge in [0.05, 0.1) is 5.75 Å². The Hall–Kier alpha value is -2.94. The van der Waals surface area contributed by atoms with Crippen LogP contribution >= 0.6 is 11.8 Å². The van der Waals surface area contributed by atoms with E-state index in [1.165, 1.54) is 11.8 Å². The minimum Gasteiger partial charge on any atom is -0.272 e. The van der Waals surface area contributed by atoms with Crippen LogP contribution in [0, 0.1) is 13.8 Å². The van der Waals surface area contributed by atoms with Gasteiger partial charge in [0.2, 0.25) is 11.1 Å². The Bertz CT molecular complexity index is 925. The van der Waals surface area contributed by atoms with Crippen molar-refractivity contribution in [3.05, 3.63) is 53.3 Å². The van der Waals surface area contributed by atoms with Crippen LogP contribution in [0.1, 0.15) is 21.7 Å². The summed E-state index contributed by atoms with van der Waals surface area (Å²) in [5.41, 5.74) is 6.98. The normalized spacial score (nSPS) is 10.6. The quantitative estimate of drug-likeness (QED) is 0.540. The summed E-state index contributed by atoms with van der Waals surface area (Å²) in [6.45, 7) is 3.80. The predicted octanol–water partition coefficient (Wildman–Crippen LogP) is 1.29. The van der Waals surface area contributed by atoms with Crippen molar-refractivity contribution in [1.82, 2.24) is 30.4 Å². The van der Waals surface area contributed by atoms with Gasteiger partial charge in [-0.2, -0.15) is 4.98 Å². The van der Waals surface area contributed by atoms with Gasteiger partial charge in [-0.25, -0.2) is 9.50 Å². The SMILES string of the molecule is Cc1cc(C)n2nc(SCC(=O)NNC(=O)c3ccccc3)nc2n1. The molecule has 0 atom stereocenters. The molecule has 0 bridgehead atoms. The van der Waals surface area contributed by atoms with Crippen LogP contribution in [0.15, 0.2) is 41.6 Å². The van der Waals surface area contributed by atoms with Crippen LogP contribution in [-0.4, -0.2) is 37.1 Å². The molecule has 0 radical (unpaired) electrons. The second-order valence-electron chi connectivity index (χ2n) is 5.30. The fraction of sp³-hybridized carbons (Fsp3) is 0.188. The lowest BCUT2D eigenvalue weighted by atomic mass is 10.2. The molecule has 3 aromatic rings. The first kappa shape index (κ1) is 16.9. The number of aryl methyl sites for hydroxylation is 2. The van der Waals surface area contributed by atoms with Gasteiger partial charge in [-0.05, 0) is 32.0 Å². The molecule has 0 aliphatic carbocycles. The summed E-state index contributed by atoms with van der Waals surface area (Å²) in [6.07, 6.45) is 0. The third-order valence-electron chi connectivity index (χ3n) is 3.28. The van der Waals surface area contributed by atoms with E-state index in [0.717, 1.165) is 11.4 Å². The molecule has 0 unspecified atom stereocenters. The van der Waals surface area contributed by atoms with Gasteiger partial charge in [0.15, 0.2) is 0 Å². The van der Waals surface area contributed by atoms with Crippen LogP contribution in [-0.2, 0) is 4.79 Å². The molecule has 0 saturated carbocycles. The van der Waals surface area contributed by atoms with Gasteiger partial charge in [0.25, 0.3) is 11.7 Å². The van der Waals surface area contributed by atoms with Crippen molar-refractivity contribution in [3.8, 4) is 0 Å². The molecular formula is C16H16N6O2S. The first-order valence-electron chi connectivity index (χ1n) is 7.51. The molecule has 9 heteroatoms. The molecule has 3 rings (SSSR count). The lowest BCUT2D eigenvalue weighted by Gasteiger charge is -2.06. The first-order valence-corrected chi connectivity index (χ1v) is 8.49. The summed E-state index contributed by atoms with van der Waals surface area (Å²) in [5, 5.41) is 4.76. The Balaban J connectivity index is 1.54. The third-order valence-corrected chi connectivity index (χ3v) is 4.12. The average Bonchev–Trinajstić information content (AvgIpc) is 3.02. The molecule has 2 heterocycles. The molecule has 0 aliphatic heterocycles. The molecule has 0 fully saturated rings. The molecule has 2 N–H and O–H groups in total. The summed E-state index contributed by atoms with van der Waals surface area (Å²) in [6, 6.07) is 10.5. The Morgan fingerprint density at radius 3 is 2.64 bits per heavy atom. The van der Waals surface area contributed by atoms with Crippen LogP contribution in [0.3, 0.4) is 0 Å². The summed E-state index contributed by atoms with van der Waals surface area (Å²) in [4.78, 5) is 32.3. The van der Waals surface area contributed by atoms with Crippen molar-refractivity contribution in [1.29, 1.82) is 0 Å². The number of carbonyl (C=O) groups excluding carboxylic acids is 2. The molecule has 2 aromatic heterocycles. The summed E-state index contributed by atoms with van der Waals surface area (Å²) >= 11 is 1.17. The molecule has 128 valence electrons. The van der Waals surface area contributed by atoms with E-state index >= 15 is 0 Å². The first-order chi connectivity index (χ1) is 12.0. The van der Waals surface area contributed by atoms with Crippen LogP contribution in [0.5, 0.6) is 0 Å². The lowest BCUT2D eigenvalue weighted by Crippen LogP contribution is -2.42. The fourth-order valence-corrected chi connectivity index (χ4v) is 2.78. The van der Waals surface area contributed by atoms with Gasteiger partial charge < -0.3 is 0 Å². The number of hydrazine groups is 1. The predicted molar refractivity (Wildman–Crippen MR) is 93.0 cm³/mol. The monoisotopic (exact) mass is 356 g/mol. The van der Waals surface area contributed by atoms with E-state index in [2.05, 4.69) is 25.9 Å². The number of thioether (sulfide) groups is 1. The zero-order valence-electron chi connectivity index (χ0n) is 13.7. The van der Waals surface area contributed by atoms with Crippen molar-refractivity contribution < 1.29 is 9.59 Å². The number of nitrogens with zero attached hydrogens (tertiary/aromatic N) is 4. The highest BCUT2D eigenvalue weighted by atomic mass is 32.2. The molecule has 8 nitrogen and oxygen atoms in total. The van der Waals surface area contributed by atoms with E-state index in [1.54, 1.807) is 28.8 Å². The number of carbonyl (C=O) groups is 2. The molecule has 0 spiro atoms. The Morgan fingerprint density at radius 2 is 1.88 bits per heavy atom. The van der Waals surface area contributed by atoms with E-state index in [4.69, 9.17) is 0 Å². The van der Waals surface area contributed by atoms with Crippen molar-refractivity contribution in [3.63, 3.8) is 0 Å². The van der Waals surface area contributed by atoms with Gasteiger partial charge in [0.1, 0.15) is 0 Å². The number of fused-ring (bicyclic) bond motifs is 1. The fourth-order valence-electron chi connectivity index (χ4n) is 2.16. The van der Waals surface area contributed by atoms with Crippen LogP contribution in [0.4, 0.5) is 0 Å². The van der Waals surface area contributed by atoms with E-state index in [9.17, 15) is 9.59 Å². The van der Waals surface area contributed by atoms with Crippen molar-refractivity contribution in [2.45, 2.75) is 19.0 Å². The van der Waals surface area contributed by atoms with Gasteiger partial charge in [-0.3, -0.25) is 20.4 Å². The van der Waals surface area contributed by atoms with Gasteiger partial charge in [-0.1, -0.05) is 30.0 Å². The highest BCUT2D eigenvalue weighted by Crippen LogP contribution is 2.14. The number of aromatic nitrogens is 4. The second kappa shape index (κ2) is 7.31. The topological polar surface area (TPSA) is 101 Å². The summed E-state index contributed by atoms with van der Waals surface area (Å²) < 4.78 is 1.63. The number of hydrogen-bond acceptors (Lipinski definition) is 6. The van der Waals surface area contributed by atoms with Gasteiger partial charge >= 0.3 is 0 Å². The van der Waals surface area contributed by atoms with Gasteiger partial charge in [-0.15, -0.1) is 5.10 Å². The Morgan fingerprint density at radius 1 is 1.12 bits per heavy atom. The molecule has 0 aliphatic rings. The summed E-state index contributed by atoms with van der Waals surface area (Å²) in [7, 11) is 0. The second-order valence-corrected chi connectivity index (χ2v) is 6.24. The van der Waals surface area contributed by atoms with E-state index < -0.39 is 0 Å². The highest BCUT2D eigenvalue weighted by Gasteiger charge is 2.11. The van der Waals surface area contributed by atoms with Crippen LogP contribution < -0.4 is 10.9 Å². The van der Waals surface area contributed by atoms with Crippen LogP contribution in [0.25, 0.3) is 5.78 Å². The highest BCUT2D eigenvalue weighted by molar-refractivity contribution is 7.99. The third kappa shape index (κ3) is 4.13. The minimum absolute atomic E-state index is 0.0734. The molecule has 1 aromatic carbocycles. The Kier molecular flexibility index (Phi) is 4.94. The van der Waals surface area contributed by atoms with E-state index in [1.807, 2.05) is 26.0 Å². The summed E-state index contributed by atoms with van der Waals surface area (Å²) in [5.74, 6) is -0.156. The Labute approximate surface area is 148 Å². The number of rotatable bonds is 4. The number of hydrogen-bond donors (Lipinski definition) is 2. The van der Waals surface area contributed by atoms with Gasteiger partial charge in [0, 0.05) is 17.0 Å². The maximum atomic E-state index is 11.9. The zero-order chi connectivity index (χ0) is 17.8.